The fraction of sp³-hybridized carbons (Fsp3) is 0. The van der Waals surface area contributed by atoms with Crippen LogP contribution in [0.5, 0.6) is 0 Å². The standard InChI is InChI=1S/C21H17O2S/c1-2-23-21(22)17-13-15-20(16-14-17)24(18-9-5-3-6-10-18)19-11-7-4-8-12-19/h2-16H,1H2/q+1. The molecule has 0 heterocycles. The van der Waals surface area contributed by atoms with Crippen molar-refractivity contribution in [3.63, 3.8) is 0 Å². The second-order valence-corrected chi connectivity index (χ2v) is 7.06. The fourth-order valence-electron chi connectivity index (χ4n) is 2.39. The highest BCUT2D eigenvalue weighted by Gasteiger charge is 2.28. The minimum atomic E-state index is -0.393. The number of benzene rings is 3. The van der Waals surface area contributed by atoms with Crippen LogP contribution >= 0.6 is 0 Å². The lowest BCUT2D eigenvalue weighted by atomic mass is 10.2. The van der Waals surface area contributed by atoms with Crippen molar-refractivity contribution in [2.45, 2.75) is 14.7 Å². The average molecular weight is 333 g/mol. The van der Waals surface area contributed by atoms with E-state index in [1.54, 1.807) is 12.1 Å². The molecule has 3 rings (SSSR count). The van der Waals surface area contributed by atoms with Crippen molar-refractivity contribution >= 4 is 16.9 Å². The number of rotatable bonds is 5. The average Bonchev–Trinajstić information content (AvgIpc) is 2.64. The lowest BCUT2D eigenvalue weighted by Gasteiger charge is -2.08. The van der Waals surface area contributed by atoms with Gasteiger partial charge in [-0.25, -0.2) is 4.79 Å². The van der Waals surface area contributed by atoms with Gasteiger partial charge in [-0.3, -0.25) is 0 Å². The van der Waals surface area contributed by atoms with Crippen LogP contribution in [0, 0.1) is 0 Å². The highest BCUT2D eigenvalue weighted by molar-refractivity contribution is 7.97. The molecular weight excluding hydrogens is 316 g/mol. The predicted octanol–water partition coefficient (Wildman–Crippen LogP) is 5.08. The van der Waals surface area contributed by atoms with Gasteiger partial charge in [-0.1, -0.05) is 43.0 Å². The summed E-state index contributed by atoms with van der Waals surface area (Å²) < 4.78 is 4.82. The lowest BCUT2D eigenvalue weighted by Crippen LogP contribution is -2.06. The third kappa shape index (κ3) is 3.58. The van der Waals surface area contributed by atoms with Crippen molar-refractivity contribution in [1.29, 1.82) is 0 Å². The Bertz CT molecular complexity index is 772. The Labute approximate surface area is 144 Å². The van der Waals surface area contributed by atoms with Crippen LogP contribution in [0.4, 0.5) is 0 Å². The van der Waals surface area contributed by atoms with Crippen molar-refractivity contribution < 1.29 is 9.53 Å². The maximum Gasteiger partial charge on any atom is 0.342 e. The summed E-state index contributed by atoms with van der Waals surface area (Å²) in [5, 5.41) is 0. The Morgan fingerprint density at radius 2 is 1.21 bits per heavy atom. The van der Waals surface area contributed by atoms with E-state index < -0.39 is 5.97 Å². The quantitative estimate of drug-likeness (QED) is 0.370. The largest absolute Gasteiger partial charge is 0.432 e. The van der Waals surface area contributed by atoms with E-state index in [0.29, 0.717) is 5.56 Å². The first-order valence-electron chi connectivity index (χ1n) is 7.56. The summed E-state index contributed by atoms with van der Waals surface area (Å²) in [4.78, 5) is 15.4. The van der Waals surface area contributed by atoms with Gasteiger partial charge in [0.05, 0.1) is 22.7 Å². The Kier molecular flexibility index (Phi) is 5.14. The molecule has 3 heteroatoms. The lowest BCUT2D eigenvalue weighted by molar-refractivity contribution is 0.0664. The van der Waals surface area contributed by atoms with E-state index in [4.69, 9.17) is 4.74 Å². The first kappa shape index (κ1) is 16.1. The number of carbonyl (C=O) groups excluding carboxylic acids is 1. The zero-order valence-corrected chi connectivity index (χ0v) is 13.9. The molecule has 0 aliphatic heterocycles. The van der Waals surface area contributed by atoms with Crippen molar-refractivity contribution in [3.05, 3.63) is 103 Å². The van der Waals surface area contributed by atoms with Crippen molar-refractivity contribution in [3.8, 4) is 0 Å². The molecule has 0 aromatic heterocycles. The second kappa shape index (κ2) is 7.66. The van der Waals surface area contributed by atoms with Crippen LogP contribution in [0.2, 0.25) is 0 Å². The van der Waals surface area contributed by atoms with Crippen LogP contribution in [0.25, 0.3) is 0 Å². The molecular formula is C21H17O2S+. The summed E-state index contributed by atoms with van der Waals surface area (Å²) in [5.74, 6) is -0.393. The number of carbonyl (C=O) groups is 1. The third-order valence-electron chi connectivity index (χ3n) is 3.47. The Morgan fingerprint density at radius 3 is 1.67 bits per heavy atom. The maximum absolute atomic E-state index is 11.8. The van der Waals surface area contributed by atoms with Crippen LogP contribution in [0.1, 0.15) is 10.4 Å². The number of esters is 1. The summed E-state index contributed by atoms with van der Waals surface area (Å²) >= 11 is 0. The van der Waals surface area contributed by atoms with Crippen LogP contribution in [-0.2, 0) is 15.6 Å². The Balaban J connectivity index is 2.00. The normalized spacial score (nSPS) is 10.4. The van der Waals surface area contributed by atoms with E-state index in [-0.39, 0.29) is 10.9 Å². The molecule has 118 valence electrons. The molecule has 0 atom stereocenters. The first-order chi connectivity index (χ1) is 11.8. The van der Waals surface area contributed by atoms with E-state index in [9.17, 15) is 4.79 Å². The van der Waals surface area contributed by atoms with Gasteiger partial charge in [0.2, 0.25) is 0 Å². The molecule has 0 saturated carbocycles. The molecule has 2 nitrogen and oxygen atoms in total. The van der Waals surface area contributed by atoms with Gasteiger partial charge in [0.25, 0.3) is 0 Å². The van der Waals surface area contributed by atoms with Crippen molar-refractivity contribution in [2.75, 3.05) is 0 Å². The zero-order chi connectivity index (χ0) is 16.8. The Hall–Kier alpha value is -2.78. The van der Waals surface area contributed by atoms with Gasteiger partial charge in [0.15, 0.2) is 14.7 Å². The summed E-state index contributed by atoms with van der Waals surface area (Å²) in [6.07, 6.45) is 1.15. The van der Waals surface area contributed by atoms with Crippen LogP contribution in [0.15, 0.2) is 112 Å². The van der Waals surface area contributed by atoms with Gasteiger partial charge in [-0.2, -0.15) is 0 Å². The monoisotopic (exact) mass is 333 g/mol. The van der Waals surface area contributed by atoms with Crippen LogP contribution in [-0.4, -0.2) is 5.97 Å². The van der Waals surface area contributed by atoms with Gasteiger partial charge in [-0.05, 0) is 48.5 Å². The molecule has 0 N–H and O–H groups in total. The molecule has 0 spiro atoms. The summed E-state index contributed by atoms with van der Waals surface area (Å²) in [7, 11) is -0.212. The molecule has 0 unspecified atom stereocenters. The third-order valence-corrected chi connectivity index (χ3v) is 5.70. The molecule has 3 aromatic carbocycles. The molecule has 0 aliphatic rings. The molecule has 0 fully saturated rings. The van der Waals surface area contributed by atoms with E-state index >= 15 is 0 Å². The molecule has 0 radical (unpaired) electrons. The van der Waals surface area contributed by atoms with E-state index in [1.165, 1.54) is 9.79 Å². The van der Waals surface area contributed by atoms with Gasteiger partial charge < -0.3 is 4.74 Å². The molecule has 24 heavy (non-hydrogen) atoms. The predicted molar refractivity (Wildman–Crippen MR) is 97.1 cm³/mol. The second-order valence-electron chi connectivity index (χ2n) is 5.03. The number of ether oxygens (including phenoxy) is 1. The number of hydrogen-bond donors (Lipinski definition) is 0. The van der Waals surface area contributed by atoms with Crippen LogP contribution < -0.4 is 0 Å². The summed E-state index contributed by atoms with van der Waals surface area (Å²) in [6.45, 7) is 3.41. The van der Waals surface area contributed by atoms with E-state index in [2.05, 4.69) is 30.8 Å². The highest BCUT2D eigenvalue weighted by atomic mass is 32.2. The van der Waals surface area contributed by atoms with Crippen LogP contribution in [0.3, 0.4) is 0 Å². The molecule has 0 saturated heterocycles. The molecule has 0 aliphatic carbocycles. The van der Waals surface area contributed by atoms with E-state index in [0.717, 1.165) is 11.2 Å². The van der Waals surface area contributed by atoms with Crippen molar-refractivity contribution in [1.82, 2.24) is 0 Å². The minimum Gasteiger partial charge on any atom is -0.432 e. The minimum absolute atomic E-state index is 0.212. The fourth-order valence-corrected chi connectivity index (χ4v) is 4.48. The van der Waals surface area contributed by atoms with Gasteiger partial charge >= 0.3 is 5.97 Å². The van der Waals surface area contributed by atoms with Crippen molar-refractivity contribution in [2.24, 2.45) is 0 Å². The zero-order valence-electron chi connectivity index (χ0n) is 13.1. The highest BCUT2D eigenvalue weighted by Crippen LogP contribution is 2.31. The van der Waals surface area contributed by atoms with Gasteiger partial charge in [0.1, 0.15) is 0 Å². The topological polar surface area (TPSA) is 26.3 Å². The number of hydrogen-bond acceptors (Lipinski definition) is 2. The molecule has 3 aromatic rings. The van der Waals surface area contributed by atoms with Gasteiger partial charge in [0, 0.05) is 0 Å². The summed E-state index contributed by atoms with van der Waals surface area (Å²) in [6, 6.07) is 28.4. The van der Waals surface area contributed by atoms with E-state index in [1.807, 2.05) is 48.5 Å². The maximum atomic E-state index is 11.8. The van der Waals surface area contributed by atoms with Gasteiger partial charge in [-0.15, -0.1) is 0 Å². The summed E-state index contributed by atoms with van der Waals surface area (Å²) in [5.41, 5.74) is 0.517. The molecule has 0 amide bonds. The smallest absolute Gasteiger partial charge is 0.342 e. The molecule has 0 bridgehead atoms. The SMILES string of the molecule is C=COC(=O)c1ccc([S+](c2ccccc2)c2ccccc2)cc1. The first-order valence-corrected chi connectivity index (χ1v) is 8.78. The Morgan fingerprint density at radius 1 is 0.750 bits per heavy atom.